The van der Waals surface area contributed by atoms with Gasteiger partial charge in [-0.15, -0.1) is 0 Å². The van der Waals surface area contributed by atoms with Crippen molar-refractivity contribution in [2.75, 3.05) is 16.8 Å². The zero-order valence-corrected chi connectivity index (χ0v) is 14.8. The molecular weight excluding hydrogens is 302 g/mol. The summed E-state index contributed by atoms with van der Waals surface area (Å²) in [4.78, 5) is 14.9. The SMILES string of the molecule is Cc1ccc(N2CCC[C@H]2C(=O)Nc2cc(C(C)(C)C)on2)cc1. The fourth-order valence-electron chi connectivity index (χ4n) is 2.98. The Morgan fingerprint density at radius 2 is 2.00 bits per heavy atom. The topological polar surface area (TPSA) is 58.4 Å². The van der Waals surface area contributed by atoms with Gasteiger partial charge in [0.05, 0.1) is 0 Å². The van der Waals surface area contributed by atoms with E-state index >= 15 is 0 Å². The molecule has 1 aromatic carbocycles. The van der Waals surface area contributed by atoms with Crippen molar-refractivity contribution in [3.8, 4) is 0 Å². The van der Waals surface area contributed by atoms with Crippen LogP contribution in [0.2, 0.25) is 0 Å². The number of amides is 1. The van der Waals surface area contributed by atoms with Gasteiger partial charge in [-0.25, -0.2) is 0 Å². The maximum Gasteiger partial charge on any atom is 0.248 e. The Morgan fingerprint density at radius 1 is 1.29 bits per heavy atom. The third kappa shape index (κ3) is 3.45. The Bertz CT molecular complexity index is 713. The molecule has 5 nitrogen and oxygen atoms in total. The van der Waals surface area contributed by atoms with Gasteiger partial charge < -0.3 is 14.7 Å². The molecule has 1 atom stereocenters. The number of nitrogens with zero attached hydrogens (tertiary/aromatic N) is 2. The van der Waals surface area contributed by atoms with E-state index in [1.807, 2.05) is 6.07 Å². The van der Waals surface area contributed by atoms with Crippen LogP contribution in [-0.4, -0.2) is 23.7 Å². The van der Waals surface area contributed by atoms with Crippen molar-refractivity contribution in [2.45, 2.75) is 52.0 Å². The molecule has 3 rings (SSSR count). The van der Waals surface area contributed by atoms with E-state index in [2.05, 4.69) is 67.3 Å². The maximum atomic E-state index is 12.7. The van der Waals surface area contributed by atoms with E-state index in [4.69, 9.17) is 4.52 Å². The number of nitrogens with one attached hydrogen (secondary N) is 1. The summed E-state index contributed by atoms with van der Waals surface area (Å²) < 4.78 is 5.34. The summed E-state index contributed by atoms with van der Waals surface area (Å²) in [5.41, 5.74) is 2.18. The van der Waals surface area contributed by atoms with Gasteiger partial charge in [0.15, 0.2) is 5.82 Å². The summed E-state index contributed by atoms with van der Waals surface area (Å²) in [5, 5.41) is 6.88. The van der Waals surface area contributed by atoms with Crippen LogP contribution in [0.25, 0.3) is 0 Å². The van der Waals surface area contributed by atoms with Crippen molar-refractivity contribution in [1.29, 1.82) is 0 Å². The van der Waals surface area contributed by atoms with Crippen LogP contribution in [-0.2, 0) is 10.2 Å². The second kappa shape index (κ2) is 6.30. The summed E-state index contributed by atoms with van der Waals surface area (Å²) >= 11 is 0. The molecule has 0 spiro atoms. The number of hydrogen-bond donors (Lipinski definition) is 1. The van der Waals surface area contributed by atoms with Gasteiger partial charge in [-0.05, 0) is 31.9 Å². The Kier molecular flexibility index (Phi) is 4.35. The monoisotopic (exact) mass is 327 g/mol. The van der Waals surface area contributed by atoms with Crippen molar-refractivity contribution in [1.82, 2.24) is 5.16 Å². The van der Waals surface area contributed by atoms with Gasteiger partial charge in [-0.1, -0.05) is 43.6 Å². The van der Waals surface area contributed by atoms with Crippen LogP contribution in [0.1, 0.15) is 44.9 Å². The van der Waals surface area contributed by atoms with Crippen molar-refractivity contribution in [2.24, 2.45) is 0 Å². The zero-order valence-electron chi connectivity index (χ0n) is 14.8. The molecule has 0 saturated carbocycles. The summed E-state index contributed by atoms with van der Waals surface area (Å²) in [6.45, 7) is 9.11. The highest BCUT2D eigenvalue weighted by molar-refractivity contribution is 5.96. The number of anilines is 2. The van der Waals surface area contributed by atoms with Gasteiger partial charge in [-0.3, -0.25) is 4.79 Å². The van der Waals surface area contributed by atoms with Gasteiger partial charge in [-0.2, -0.15) is 0 Å². The van der Waals surface area contributed by atoms with Crippen LogP contribution >= 0.6 is 0 Å². The first-order valence-electron chi connectivity index (χ1n) is 8.46. The normalized spacial score (nSPS) is 18.0. The summed E-state index contributed by atoms with van der Waals surface area (Å²) in [6.07, 6.45) is 1.86. The second-order valence-electron chi connectivity index (χ2n) is 7.50. The van der Waals surface area contributed by atoms with Crippen LogP contribution in [0, 0.1) is 6.92 Å². The molecule has 1 aliphatic rings. The minimum atomic E-state index is -0.164. The van der Waals surface area contributed by atoms with E-state index in [0.717, 1.165) is 30.8 Å². The quantitative estimate of drug-likeness (QED) is 0.929. The third-order valence-corrected chi connectivity index (χ3v) is 4.42. The molecule has 2 heterocycles. The summed E-state index contributed by atoms with van der Waals surface area (Å²) in [7, 11) is 0. The minimum Gasteiger partial charge on any atom is -0.360 e. The highest BCUT2D eigenvalue weighted by Gasteiger charge is 2.31. The van der Waals surface area contributed by atoms with Gasteiger partial charge in [0.1, 0.15) is 11.8 Å². The van der Waals surface area contributed by atoms with E-state index in [-0.39, 0.29) is 17.4 Å². The van der Waals surface area contributed by atoms with Crippen molar-refractivity contribution in [3.05, 3.63) is 41.7 Å². The molecule has 1 N–H and O–H groups in total. The number of benzene rings is 1. The Hall–Kier alpha value is -2.30. The van der Waals surface area contributed by atoms with Gasteiger partial charge in [0.25, 0.3) is 0 Å². The van der Waals surface area contributed by atoms with Gasteiger partial charge in [0, 0.05) is 23.7 Å². The number of aromatic nitrogens is 1. The molecule has 0 unspecified atom stereocenters. The number of hydrogen-bond acceptors (Lipinski definition) is 4. The van der Waals surface area contributed by atoms with Gasteiger partial charge in [0.2, 0.25) is 5.91 Å². The standard InChI is InChI=1S/C19H25N3O2/c1-13-7-9-14(10-8-13)22-11-5-6-15(22)18(23)20-17-12-16(24-21-17)19(2,3)4/h7-10,12,15H,5-6,11H2,1-4H3,(H,20,21,23)/t15-/m0/s1. The molecule has 1 fully saturated rings. The van der Waals surface area contributed by atoms with Crippen molar-refractivity contribution < 1.29 is 9.32 Å². The van der Waals surface area contributed by atoms with E-state index in [1.54, 1.807) is 0 Å². The van der Waals surface area contributed by atoms with E-state index in [9.17, 15) is 4.79 Å². The lowest BCUT2D eigenvalue weighted by atomic mass is 9.93. The molecule has 0 bridgehead atoms. The van der Waals surface area contributed by atoms with Crippen LogP contribution in [0.4, 0.5) is 11.5 Å². The molecule has 1 amide bonds. The molecule has 1 aromatic heterocycles. The second-order valence-corrected chi connectivity index (χ2v) is 7.50. The molecule has 128 valence electrons. The average Bonchev–Trinajstić information content (AvgIpc) is 3.16. The first kappa shape index (κ1) is 16.6. The number of aryl methyl sites for hydroxylation is 1. The Balaban J connectivity index is 1.72. The third-order valence-electron chi connectivity index (χ3n) is 4.42. The zero-order chi connectivity index (χ0) is 17.3. The Labute approximate surface area is 143 Å². The molecule has 2 aromatic rings. The number of carbonyl (C=O) groups is 1. The molecule has 0 radical (unpaired) electrons. The van der Waals surface area contributed by atoms with Crippen LogP contribution < -0.4 is 10.2 Å². The largest absolute Gasteiger partial charge is 0.360 e. The lowest BCUT2D eigenvalue weighted by Crippen LogP contribution is -2.39. The smallest absolute Gasteiger partial charge is 0.248 e. The first-order chi connectivity index (χ1) is 11.3. The van der Waals surface area contributed by atoms with Crippen LogP contribution in [0.3, 0.4) is 0 Å². The van der Waals surface area contributed by atoms with Crippen molar-refractivity contribution >= 4 is 17.4 Å². The minimum absolute atomic E-state index is 0.0261. The fourth-order valence-corrected chi connectivity index (χ4v) is 2.98. The molecule has 0 aliphatic carbocycles. The maximum absolute atomic E-state index is 12.7. The van der Waals surface area contributed by atoms with Crippen LogP contribution in [0.15, 0.2) is 34.9 Å². The molecule has 1 saturated heterocycles. The lowest BCUT2D eigenvalue weighted by molar-refractivity contribution is -0.117. The lowest BCUT2D eigenvalue weighted by Gasteiger charge is -2.25. The summed E-state index contributed by atoms with van der Waals surface area (Å²) in [5.74, 6) is 1.22. The predicted octanol–water partition coefficient (Wildman–Crippen LogP) is 3.89. The molecular formula is C19H25N3O2. The average molecular weight is 327 g/mol. The van der Waals surface area contributed by atoms with Gasteiger partial charge >= 0.3 is 0 Å². The van der Waals surface area contributed by atoms with E-state index < -0.39 is 0 Å². The van der Waals surface area contributed by atoms with Crippen molar-refractivity contribution in [3.63, 3.8) is 0 Å². The highest BCUT2D eigenvalue weighted by Crippen LogP contribution is 2.28. The summed E-state index contributed by atoms with van der Waals surface area (Å²) in [6, 6.07) is 9.96. The fraction of sp³-hybridized carbons (Fsp3) is 0.474. The first-order valence-corrected chi connectivity index (χ1v) is 8.46. The Morgan fingerprint density at radius 3 is 2.62 bits per heavy atom. The van der Waals surface area contributed by atoms with Crippen LogP contribution in [0.5, 0.6) is 0 Å². The number of rotatable bonds is 3. The molecule has 1 aliphatic heterocycles. The van der Waals surface area contributed by atoms with E-state index in [0.29, 0.717) is 5.82 Å². The highest BCUT2D eigenvalue weighted by atomic mass is 16.5. The number of carbonyl (C=O) groups excluding carboxylic acids is 1. The molecule has 5 heteroatoms. The predicted molar refractivity (Wildman–Crippen MR) is 95.4 cm³/mol. The molecule has 24 heavy (non-hydrogen) atoms. The van der Waals surface area contributed by atoms with E-state index in [1.165, 1.54) is 5.56 Å².